The summed E-state index contributed by atoms with van der Waals surface area (Å²) in [6, 6.07) is 14.5. The number of nitrogens with zero attached hydrogens (tertiary/aromatic N) is 2. The van der Waals surface area contributed by atoms with Crippen LogP contribution in [0.5, 0.6) is 0 Å². The lowest BCUT2D eigenvalue weighted by molar-refractivity contribution is -0.137. The zero-order valence-corrected chi connectivity index (χ0v) is 17.1. The molecule has 0 bridgehead atoms. The van der Waals surface area contributed by atoms with Crippen molar-refractivity contribution in [1.29, 1.82) is 0 Å². The molecule has 1 aliphatic rings. The molecular formula is C23H27F3N2O2. The minimum Gasteiger partial charge on any atom is -0.379 e. The van der Waals surface area contributed by atoms with Crippen molar-refractivity contribution >= 4 is 5.91 Å². The van der Waals surface area contributed by atoms with Crippen LogP contribution in [0, 0.1) is 0 Å². The number of ether oxygens (including phenoxy) is 1. The third-order valence-electron chi connectivity index (χ3n) is 5.31. The van der Waals surface area contributed by atoms with Crippen LogP contribution in [0.4, 0.5) is 13.2 Å². The summed E-state index contributed by atoms with van der Waals surface area (Å²) in [7, 11) is 0. The van der Waals surface area contributed by atoms with Crippen LogP contribution in [0.3, 0.4) is 0 Å². The van der Waals surface area contributed by atoms with Gasteiger partial charge in [-0.05, 0) is 30.2 Å². The molecule has 0 aromatic heterocycles. The predicted octanol–water partition coefficient (Wildman–Crippen LogP) is 4.00. The number of amides is 1. The number of rotatable bonds is 7. The fourth-order valence-electron chi connectivity index (χ4n) is 3.61. The average molecular weight is 420 g/mol. The lowest BCUT2D eigenvalue weighted by Crippen LogP contribution is -2.48. The Bertz CT molecular complexity index is 803. The molecule has 4 nitrogen and oxygen atoms in total. The first kappa shape index (κ1) is 22.3. The minimum absolute atomic E-state index is 0.0368. The van der Waals surface area contributed by atoms with Crippen LogP contribution < -0.4 is 0 Å². The van der Waals surface area contributed by atoms with Crippen molar-refractivity contribution in [3.05, 3.63) is 71.3 Å². The van der Waals surface area contributed by atoms with E-state index in [9.17, 15) is 18.0 Å². The Kier molecular flexibility index (Phi) is 7.50. The van der Waals surface area contributed by atoms with Crippen LogP contribution in [0.25, 0.3) is 0 Å². The molecule has 1 aliphatic heterocycles. The quantitative estimate of drug-likeness (QED) is 0.679. The number of alkyl halides is 3. The van der Waals surface area contributed by atoms with Crippen molar-refractivity contribution in [1.82, 2.24) is 9.80 Å². The lowest BCUT2D eigenvalue weighted by atomic mass is 10.1. The van der Waals surface area contributed by atoms with Gasteiger partial charge in [0.1, 0.15) is 0 Å². The highest BCUT2D eigenvalue weighted by Gasteiger charge is 2.30. The molecule has 2 aromatic carbocycles. The predicted molar refractivity (Wildman–Crippen MR) is 109 cm³/mol. The molecule has 30 heavy (non-hydrogen) atoms. The van der Waals surface area contributed by atoms with E-state index in [0.717, 1.165) is 37.3 Å². The molecule has 0 radical (unpaired) electrons. The first-order valence-corrected chi connectivity index (χ1v) is 10.1. The highest BCUT2D eigenvalue weighted by atomic mass is 19.4. The van der Waals surface area contributed by atoms with E-state index in [2.05, 4.69) is 4.90 Å². The average Bonchev–Trinajstić information content (AvgIpc) is 2.73. The number of carbonyl (C=O) groups is 1. The van der Waals surface area contributed by atoms with Crippen LogP contribution in [0.2, 0.25) is 0 Å². The molecule has 0 saturated carbocycles. The Morgan fingerprint density at radius 2 is 1.67 bits per heavy atom. The van der Waals surface area contributed by atoms with E-state index in [-0.39, 0.29) is 18.4 Å². The largest absolute Gasteiger partial charge is 0.416 e. The number of hydrogen-bond acceptors (Lipinski definition) is 3. The van der Waals surface area contributed by atoms with Gasteiger partial charge < -0.3 is 9.64 Å². The Morgan fingerprint density at radius 1 is 1.03 bits per heavy atom. The highest BCUT2D eigenvalue weighted by molar-refractivity contribution is 5.79. The first-order valence-electron chi connectivity index (χ1n) is 10.1. The monoisotopic (exact) mass is 420 g/mol. The number of benzene rings is 2. The Hall–Kier alpha value is -2.38. The van der Waals surface area contributed by atoms with Gasteiger partial charge in [-0.1, -0.05) is 42.5 Å². The van der Waals surface area contributed by atoms with Crippen molar-refractivity contribution in [3.63, 3.8) is 0 Å². The van der Waals surface area contributed by atoms with Gasteiger partial charge in [0.25, 0.3) is 0 Å². The van der Waals surface area contributed by atoms with Crippen LogP contribution in [-0.4, -0.2) is 54.6 Å². The summed E-state index contributed by atoms with van der Waals surface area (Å²) < 4.78 is 43.8. The Morgan fingerprint density at radius 3 is 2.27 bits per heavy atom. The summed E-state index contributed by atoms with van der Waals surface area (Å²) in [6.07, 6.45) is -4.31. The van der Waals surface area contributed by atoms with Gasteiger partial charge in [-0.3, -0.25) is 9.69 Å². The van der Waals surface area contributed by atoms with Gasteiger partial charge in [-0.15, -0.1) is 0 Å². The number of morpholine rings is 1. The molecule has 1 unspecified atom stereocenters. The van der Waals surface area contributed by atoms with E-state index in [4.69, 9.17) is 4.74 Å². The zero-order valence-electron chi connectivity index (χ0n) is 17.1. The summed E-state index contributed by atoms with van der Waals surface area (Å²) in [4.78, 5) is 17.2. The van der Waals surface area contributed by atoms with E-state index in [1.807, 2.05) is 42.2 Å². The molecule has 7 heteroatoms. The molecule has 1 heterocycles. The lowest BCUT2D eigenvalue weighted by Gasteiger charge is -2.35. The molecule has 1 fully saturated rings. The van der Waals surface area contributed by atoms with Gasteiger partial charge in [-0.2, -0.15) is 13.2 Å². The summed E-state index contributed by atoms with van der Waals surface area (Å²) >= 11 is 0. The fourth-order valence-corrected chi connectivity index (χ4v) is 3.61. The van der Waals surface area contributed by atoms with Crippen LogP contribution in [0.15, 0.2) is 54.6 Å². The Labute approximate surface area is 175 Å². The smallest absolute Gasteiger partial charge is 0.379 e. The minimum atomic E-state index is -4.38. The number of carbonyl (C=O) groups excluding carboxylic acids is 1. The molecule has 2 aromatic rings. The molecule has 3 rings (SSSR count). The first-order chi connectivity index (χ1) is 14.3. The summed E-state index contributed by atoms with van der Waals surface area (Å²) in [5.74, 6) is -0.0978. The van der Waals surface area contributed by atoms with Gasteiger partial charge >= 0.3 is 6.18 Å². The third-order valence-corrected chi connectivity index (χ3v) is 5.31. The van der Waals surface area contributed by atoms with Crippen molar-refractivity contribution in [2.45, 2.75) is 32.1 Å². The zero-order chi connectivity index (χ0) is 21.6. The van der Waals surface area contributed by atoms with E-state index in [1.54, 1.807) is 0 Å². The SMILES string of the molecule is CC(CN1CCOCC1)N(Cc1ccccc1)C(=O)Cc1ccc(C(F)(F)F)cc1. The molecule has 0 N–H and O–H groups in total. The van der Waals surface area contributed by atoms with Crippen molar-refractivity contribution in [2.75, 3.05) is 32.8 Å². The standard InChI is InChI=1S/C23H27F3N2O2/c1-18(16-27-11-13-30-14-12-27)28(17-20-5-3-2-4-6-20)22(29)15-19-7-9-21(10-8-19)23(24,25)26/h2-10,18H,11-17H2,1H3. The normalized spacial score (nSPS) is 16.3. The van der Waals surface area contributed by atoms with Crippen molar-refractivity contribution in [2.24, 2.45) is 0 Å². The second-order valence-electron chi connectivity index (χ2n) is 7.64. The molecule has 1 saturated heterocycles. The molecule has 0 spiro atoms. The van der Waals surface area contributed by atoms with E-state index in [0.29, 0.717) is 25.3 Å². The topological polar surface area (TPSA) is 32.8 Å². The summed E-state index contributed by atoms with van der Waals surface area (Å²) in [6.45, 7) is 6.24. The molecule has 1 amide bonds. The molecular weight excluding hydrogens is 393 g/mol. The van der Waals surface area contributed by atoms with Crippen molar-refractivity contribution in [3.8, 4) is 0 Å². The van der Waals surface area contributed by atoms with Crippen LogP contribution >= 0.6 is 0 Å². The number of hydrogen-bond donors (Lipinski definition) is 0. The number of halogens is 3. The second-order valence-corrected chi connectivity index (χ2v) is 7.64. The van der Waals surface area contributed by atoms with Crippen molar-refractivity contribution < 1.29 is 22.7 Å². The van der Waals surface area contributed by atoms with Gasteiger partial charge in [0.15, 0.2) is 0 Å². The summed E-state index contributed by atoms with van der Waals surface area (Å²) in [5.41, 5.74) is 0.886. The van der Waals surface area contributed by atoms with Gasteiger partial charge in [0, 0.05) is 32.2 Å². The van der Waals surface area contributed by atoms with Gasteiger partial charge in [0.05, 0.1) is 25.2 Å². The van der Waals surface area contributed by atoms with E-state index < -0.39 is 11.7 Å². The third kappa shape index (κ3) is 6.31. The maximum atomic E-state index is 13.1. The van der Waals surface area contributed by atoms with E-state index >= 15 is 0 Å². The van der Waals surface area contributed by atoms with Gasteiger partial charge in [-0.25, -0.2) is 0 Å². The van der Waals surface area contributed by atoms with Gasteiger partial charge in [0.2, 0.25) is 5.91 Å². The summed E-state index contributed by atoms with van der Waals surface area (Å²) in [5, 5.41) is 0. The molecule has 0 aliphatic carbocycles. The van der Waals surface area contributed by atoms with E-state index in [1.165, 1.54) is 12.1 Å². The maximum Gasteiger partial charge on any atom is 0.416 e. The highest BCUT2D eigenvalue weighted by Crippen LogP contribution is 2.29. The molecule has 1 atom stereocenters. The molecule has 162 valence electrons. The van der Waals surface area contributed by atoms with Crippen LogP contribution in [0.1, 0.15) is 23.6 Å². The second kappa shape index (κ2) is 10.1. The van der Waals surface area contributed by atoms with Crippen LogP contribution in [-0.2, 0) is 28.7 Å². The Balaban J connectivity index is 1.71. The maximum absolute atomic E-state index is 13.1. The fraction of sp³-hybridized carbons (Fsp3) is 0.435.